The zero-order chi connectivity index (χ0) is 13.1. The summed E-state index contributed by atoms with van der Waals surface area (Å²) in [6, 6.07) is 9.24. The molecular weight excluding hydrogens is 250 g/mol. The number of hydrogen-bond acceptors (Lipinski definition) is 3. The minimum absolute atomic E-state index is 0.107. The number of halogens is 1. The zero-order valence-corrected chi connectivity index (χ0v) is 11.2. The van der Waals surface area contributed by atoms with Crippen LogP contribution in [0.15, 0.2) is 34.7 Å². The minimum Gasteiger partial charge on any atom is -0.506 e. The van der Waals surface area contributed by atoms with E-state index in [2.05, 4.69) is 5.32 Å². The Labute approximate surface area is 111 Å². The topological polar surface area (TPSA) is 45.4 Å². The van der Waals surface area contributed by atoms with Gasteiger partial charge < -0.3 is 14.8 Å². The van der Waals surface area contributed by atoms with Crippen LogP contribution < -0.4 is 5.32 Å². The van der Waals surface area contributed by atoms with Gasteiger partial charge in [-0.3, -0.25) is 0 Å². The van der Waals surface area contributed by atoms with Crippen molar-refractivity contribution in [3.05, 3.63) is 52.4 Å². The molecule has 1 aromatic carbocycles. The lowest BCUT2D eigenvalue weighted by atomic mass is 10.2. The first-order chi connectivity index (χ1) is 8.56. The fraction of sp³-hybridized carbons (Fsp3) is 0.286. The molecule has 4 heteroatoms. The van der Waals surface area contributed by atoms with E-state index in [4.69, 9.17) is 16.0 Å². The van der Waals surface area contributed by atoms with Crippen LogP contribution in [0.2, 0.25) is 5.02 Å². The molecule has 1 aromatic heterocycles. The maximum Gasteiger partial charge on any atom is 0.134 e. The number of rotatable bonds is 4. The van der Waals surface area contributed by atoms with Crippen molar-refractivity contribution < 1.29 is 9.52 Å². The first-order valence-electron chi connectivity index (χ1n) is 5.83. The van der Waals surface area contributed by atoms with Gasteiger partial charge in [0.05, 0.1) is 11.1 Å². The lowest BCUT2D eigenvalue weighted by molar-refractivity contribution is 0.415. The van der Waals surface area contributed by atoms with Crippen LogP contribution in [0.25, 0.3) is 0 Å². The fourth-order valence-corrected chi connectivity index (χ4v) is 1.92. The zero-order valence-electron chi connectivity index (χ0n) is 10.4. The second-order valence-electron chi connectivity index (χ2n) is 4.34. The molecule has 1 heterocycles. The second-order valence-corrected chi connectivity index (χ2v) is 4.74. The summed E-state index contributed by atoms with van der Waals surface area (Å²) in [7, 11) is 0. The van der Waals surface area contributed by atoms with Gasteiger partial charge in [0.25, 0.3) is 0 Å². The molecule has 1 atom stereocenters. The van der Waals surface area contributed by atoms with Crippen molar-refractivity contribution in [3.63, 3.8) is 0 Å². The highest BCUT2D eigenvalue weighted by Crippen LogP contribution is 2.24. The van der Waals surface area contributed by atoms with Crippen LogP contribution in [0.5, 0.6) is 5.75 Å². The van der Waals surface area contributed by atoms with Crippen LogP contribution >= 0.6 is 11.6 Å². The first kappa shape index (κ1) is 13.0. The van der Waals surface area contributed by atoms with Crippen LogP contribution in [0.1, 0.15) is 30.0 Å². The predicted octanol–water partition coefficient (Wildman–Crippen LogP) is 3.80. The molecule has 1 unspecified atom stereocenters. The third kappa shape index (κ3) is 3.06. The first-order valence-corrected chi connectivity index (χ1v) is 6.21. The number of hydrogen-bond donors (Lipinski definition) is 2. The molecule has 0 fully saturated rings. The second kappa shape index (κ2) is 5.46. The summed E-state index contributed by atoms with van der Waals surface area (Å²) in [5.41, 5.74) is 1.02. The summed E-state index contributed by atoms with van der Waals surface area (Å²) in [6.45, 7) is 4.64. The van der Waals surface area contributed by atoms with Gasteiger partial charge in [0.1, 0.15) is 17.3 Å². The molecule has 0 spiro atoms. The number of benzene rings is 1. The molecule has 3 nitrogen and oxygen atoms in total. The van der Waals surface area contributed by atoms with Crippen LogP contribution in [-0.4, -0.2) is 5.11 Å². The Morgan fingerprint density at radius 3 is 2.72 bits per heavy atom. The van der Waals surface area contributed by atoms with Crippen molar-refractivity contribution >= 4 is 11.6 Å². The van der Waals surface area contributed by atoms with Crippen molar-refractivity contribution in [2.75, 3.05) is 0 Å². The average Bonchev–Trinajstić information content (AvgIpc) is 2.77. The van der Waals surface area contributed by atoms with Gasteiger partial charge in [0.15, 0.2) is 0 Å². The molecule has 0 bridgehead atoms. The van der Waals surface area contributed by atoms with Gasteiger partial charge in [-0.15, -0.1) is 0 Å². The van der Waals surface area contributed by atoms with Crippen LogP contribution in [0.3, 0.4) is 0 Å². The molecule has 0 aliphatic rings. The number of furan rings is 1. The summed E-state index contributed by atoms with van der Waals surface area (Å²) >= 11 is 5.85. The van der Waals surface area contributed by atoms with Gasteiger partial charge in [-0.1, -0.05) is 17.7 Å². The van der Waals surface area contributed by atoms with Crippen molar-refractivity contribution in [2.45, 2.75) is 26.4 Å². The van der Waals surface area contributed by atoms with Crippen molar-refractivity contribution in [1.82, 2.24) is 5.32 Å². The lowest BCUT2D eigenvalue weighted by Crippen LogP contribution is -2.17. The SMILES string of the molecule is Cc1ccc(C(C)NCc2ccc(O)c(Cl)c2)o1. The fourth-order valence-electron chi connectivity index (χ4n) is 1.72. The van der Waals surface area contributed by atoms with E-state index in [0.29, 0.717) is 11.6 Å². The van der Waals surface area contributed by atoms with Gasteiger partial charge in [0, 0.05) is 6.54 Å². The van der Waals surface area contributed by atoms with Gasteiger partial charge in [-0.2, -0.15) is 0 Å². The smallest absolute Gasteiger partial charge is 0.134 e. The summed E-state index contributed by atoms with van der Waals surface area (Å²) in [5.74, 6) is 1.93. The Morgan fingerprint density at radius 2 is 2.11 bits per heavy atom. The molecule has 0 aliphatic heterocycles. The maximum absolute atomic E-state index is 9.33. The number of aryl methyl sites for hydroxylation is 1. The molecule has 0 amide bonds. The Balaban J connectivity index is 1.97. The highest BCUT2D eigenvalue weighted by atomic mass is 35.5. The van der Waals surface area contributed by atoms with E-state index < -0.39 is 0 Å². The number of phenols is 1. The lowest BCUT2D eigenvalue weighted by Gasteiger charge is -2.11. The molecule has 18 heavy (non-hydrogen) atoms. The normalized spacial score (nSPS) is 12.6. The summed E-state index contributed by atoms with van der Waals surface area (Å²) in [4.78, 5) is 0. The van der Waals surface area contributed by atoms with E-state index in [1.54, 1.807) is 12.1 Å². The third-order valence-corrected chi connectivity index (χ3v) is 3.12. The highest BCUT2D eigenvalue weighted by molar-refractivity contribution is 6.32. The number of aromatic hydroxyl groups is 1. The van der Waals surface area contributed by atoms with E-state index in [1.165, 1.54) is 0 Å². The van der Waals surface area contributed by atoms with Gasteiger partial charge in [-0.05, 0) is 43.7 Å². The van der Waals surface area contributed by atoms with E-state index in [-0.39, 0.29) is 11.8 Å². The maximum atomic E-state index is 9.33. The molecule has 0 radical (unpaired) electrons. The molecule has 0 aliphatic carbocycles. The molecule has 2 N–H and O–H groups in total. The molecule has 96 valence electrons. The van der Waals surface area contributed by atoms with E-state index in [9.17, 15) is 5.11 Å². The van der Waals surface area contributed by atoms with E-state index in [0.717, 1.165) is 17.1 Å². The van der Waals surface area contributed by atoms with Gasteiger partial charge >= 0.3 is 0 Å². The highest BCUT2D eigenvalue weighted by Gasteiger charge is 2.09. The summed E-state index contributed by atoms with van der Waals surface area (Å²) in [5, 5.41) is 13.0. The summed E-state index contributed by atoms with van der Waals surface area (Å²) in [6.07, 6.45) is 0. The Kier molecular flexibility index (Phi) is 3.94. The van der Waals surface area contributed by atoms with Crippen molar-refractivity contribution in [2.24, 2.45) is 0 Å². The largest absolute Gasteiger partial charge is 0.506 e. The van der Waals surface area contributed by atoms with Gasteiger partial charge in [-0.25, -0.2) is 0 Å². The number of phenolic OH excluding ortho intramolecular Hbond substituents is 1. The Bertz CT molecular complexity index is 536. The molecule has 2 aromatic rings. The van der Waals surface area contributed by atoms with E-state index >= 15 is 0 Å². The summed E-state index contributed by atoms with van der Waals surface area (Å²) < 4.78 is 5.55. The Morgan fingerprint density at radius 1 is 1.33 bits per heavy atom. The third-order valence-electron chi connectivity index (χ3n) is 2.81. The average molecular weight is 266 g/mol. The molecule has 2 rings (SSSR count). The quantitative estimate of drug-likeness (QED) is 0.884. The molecule has 0 saturated carbocycles. The van der Waals surface area contributed by atoms with Crippen LogP contribution in [0, 0.1) is 6.92 Å². The minimum atomic E-state index is 0.107. The Hall–Kier alpha value is -1.45. The molecular formula is C14H16ClNO2. The van der Waals surface area contributed by atoms with Crippen LogP contribution in [-0.2, 0) is 6.54 Å². The van der Waals surface area contributed by atoms with Crippen LogP contribution in [0.4, 0.5) is 0 Å². The standard InChI is InChI=1S/C14H16ClNO2/c1-9-3-6-14(18-9)10(2)16-8-11-4-5-13(17)12(15)7-11/h3-7,10,16-17H,8H2,1-2H3. The van der Waals surface area contributed by atoms with Gasteiger partial charge in [0.2, 0.25) is 0 Å². The van der Waals surface area contributed by atoms with Crippen molar-refractivity contribution in [3.8, 4) is 5.75 Å². The monoisotopic (exact) mass is 265 g/mol. The number of nitrogens with one attached hydrogen (secondary N) is 1. The van der Waals surface area contributed by atoms with E-state index in [1.807, 2.05) is 32.0 Å². The predicted molar refractivity (Wildman–Crippen MR) is 71.8 cm³/mol. The molecule has 0 saturated heterocycles. The van der Waals surface area contributed by atoms with Crippen molar-refractivity contribution in [1.29, 1.82) is 0 Å².